The van der Waals surface area contributed by atoms with Crippen LogP contribution in [-0.4, -0.2) is 4.98 Å². The summed E-state index contributed by atoms with van der Waals surface area (Å²) in [7, 11) is 2.00. The van der Waals surface area contributed by atoms with Crippen LogP contribution >= 0.6 is 0 Å². The Bertz CT molecular complexity index is 1260. The minimum absolute atomic E-state index is 0.204. The number of fused-ring (bicyclic) bond motifs is 3. The second kappa shape index (κ2) is 5.69. The molecule has 1 atom stereocenters. The van der Waals surface area contributed by atoms with Gasteiger partial charge in [-0.3, -0.25) is 0 Å². The first-order valence-electron chi connectivity index (χ1n) is 10.3. The van der Waals surface area contributed by atoms with Gasteiger partial charge in [-0.1, -0.05) is 19.8 Å². The minimum atomic E-state index is -2.48. The first-order valence-corrected chi connectivity index (χ1v) is 8.31. The Morgan fingerprint density at radius 1 is 1.16 bits per heavy atom. The van der Waals surface area contributed by atoms with Gasteiger partial charge in [0.25, 0.3) is 0 Å². The lowest BCUT2D eigenvalue weighted by Crippen LogP contribution is -2.31. The second-order valence-electron chi connectivity index (χ2n) is 6.61. The van der Waals surface area contributed by atoms with Crippen LogP contribution in [0.3, 0.4) is 0 Å². The average Bonchev–Trinajstić information content (AvgIpc) is 2.99. The number of hydrogen-bond acceptors (Lipinski definition) is 2. The van der Waals surface area contributed by atoms with E-state index in [9.17, 15) is 0 Å². The van der Waals surface area contributed by atoms with Crippen LogP contribution in [0.15, 0.2) is 47.0 Å². The highest BCUT2D eigenvalue weighted by Gasteiger charge is 2.21. The molecule has 3 heteroatoms. The van der Waals surface area contributed by atoms with Gasteiger partial charge in [-0.25, -0.2) is 9.55 Å². The molecule has 0 spiro atoms. The number of aryl methyl sites for hydroxylation is 3. The summed E-state index contributed by atoms with van der Waals surface area (Å²) in [5.41, 5.74) is 6.31. The number of aromatic nitrogens is 2. The van der Waals surface area contributed by atoms with Crippen LogP contribution in [0.4, 0.5) is 0 Å². The largest absolute Gasteiger partial charge is 0.453 e. The van der Waals surface area contributed by atoms with Crippen molar-refractivity contribution in [3.8, 4) is 11.3 Å². The van der Waals surface area contributed by atoms with Gasteiger partial charge in [0.05, 0.1) is 5.56 Å². The molecule has 1 aromatic carbocycles. The summed E-state index contributed by atoms with van der Waals surface area (Å²) in [4.78, 5) is 4.55. The molecular weight excluding hydrogens is 308 g/mol. The predicted octanol–water partition coefficient (Wildman–Crippen LogP) is 5.21. The molecule has 0 saturated carbocycles. The molecule has 4 aromatic rings. The number of nitrogens with zero attached hydrogens (tertiary/aromatic N) is 2. The Balaban J connectivity index is 2.01. The molecule has 0 amide bonds. The lowest BCUT2D eigenvalue weighted by Gasteiger charge is -2.06. The van der Waals surface area contributed by atoms with E-state index in [1.54, 1.807) is 12.1 Å². The van der Waals surface area contributed by atoms with Gasteiger partial charge in [0, 0.05) is 28.2 Å². The number of pyridine rings is 2. The zero-order valence-electron chi connectivity index (χ0n) is 18.8. The summed E-state index contributed by atoms with van der Waals surface area (Å²) < 4.78 is 39.7. The van der Waals surface area contributed by atoms with Gasteiger partial charge in [-0.2, -0.15) is 0 Å². The van der Waals surface area contributed by atoms with Gasteiger partial charge >= 0.3 is 0 Å². The molecule has 0 bridgehead atoms. The standard InChI is InChI=1S/C22H23N2O/c1-13(2)17-9-11-19-21(23-17)16-8-7-15(4)20(22(16)25-19)18-10-6-14(3)12-24(18)5/h6-13H,1-5H3/q+1/i1D3,13D. The minimum Gasteiger partial charge on any atom is -0.453 e. The molecule has 0 radical (unpaired) electrons. The van der Waals surface area contributed by atoms with Gasteiger partial charge in [0.15, 0.2) is 17.4 Å². The van der Waals surface area contributed by atoms with Crippen LogP contribution in [-0.2, 0) is 7.05 Å². The third-order valence-corrected chi connectivity index (χ3v) is 4.61. The lowest BCUT2D eigenvalue weighted by atomic mass is 10.0. The van der Waals surface area contributed by atoms with Crippen LogP contribution in [0.2, 0.25) is 0 Å². The van der Waals surface area contributed by atoms with Crippen LogP contribution in [0.5, 0.6) is 0 Å². The maximum absolute atomic E-state index is 8.36. The van der Waals surface area contributed by atoms with E-state index >= 15 is 0 Å². The highest BCUT2D eigenvalue weighted by Crippen LogP contribution is 2.36. The van der Waals surface area contributed by atoms with E-state index in [1.165, 1.54) is 6.92 Å². The Morgan fingerprint density at radius 3 is 2.76 bits per heavy atom. The zero-order valence-corrected chi connectivity index (χ0v) is 14.8. The summed E-state index contributed by atoms with van der Waals surface area (Å²) in [6.07, 6.45) is 2.06. The monoisotopic (exact) mass is 335 g/mol. The van der Waals surface area contributed by atoms with Crippen molar-refractivity contribution >= 4 is 22.1 Å². The maximum Gasteiger partial charge on any atom is 0.216 e. The van der Waals surface area contributed by atoms with Crippen LogP contribution in [0, 0.1) is 13.8 Å². The molecule has 0 aliphatic heterocycles. The van der Waals surface area contributed by atoms with E-state index in [0.29, 0.717) is 16.7 Å². The topological polar surface area (TPSA) is 29.9 Å². The third-order valence-electron chi connectivity index (χ3n) is 4.61. The molecule has 0 aliphatic carbocycles. The van der Waals surface area contributed by atoms with Crippen molar-refractivity contribution in [3.05, 3.63) is 59.4 Å². The van der Waals surface area contributed by atoms with Gasteiger partial charge in [0.2, 0.25) is 5.69 Å². The molecular formula is C22H23N2O+. The Hall–Kier alpha value is -2.68. The number of furan rings is 1. The molecule has 0 aliphatic rings. The molecule has 3 aromatic heterocycles. The Morgan fingerprint density at radius 2 is 2.00 bits per heavy atom. The number of rotatable bonds is 2. The quantitative estimate of drug-likeness (QED) is 0.471. The summed E-state index contributed by atoms with van der Waals surface area (Å²) in [5.74, 6) is -1.80. The van der Waals surface area contributed by atoms with E-state index in [-0.39, 0.29) is 5.69 Å². The van der Waals surface area contributed by atoms with E-state index in [2.05, 4.69) is 27.9 Å². The van der Waals surface area contributed by atoms with Gasteiger partial charge in [-0.05, 0) is 49.6 Å². The van der Waals surface area contributed by atoms with Crippen molar-refractivity contribution in [2.75, 3.05) is 0 Å². The molecule has 0 fully saturated rings. The van der Waals surface area contributed by atoms with Crippen molar-refractivity contribution in [3.63, 3.8) is 0 Å². The normalized spacial score (nSPS) is 17.0. The third kappa shape index (κ3) is 2.51. The van der Waals surface area contributed by atoms with Crippen molar-refractivity contribution in [2.24, 2.45) is 7.05 Å². The van der Waals surface area contributed by atoms with Gasteiger partial charge < -0.3 is 4.42 Å². The summed E-state index contributed by atoms with van der Waals surface area (Å²) in [6.45, 7) is 2.98. The highest BCUT2D eigenvalue weighted by atomic mass is 16.3. The van der Waals surface area contributed by atoms with Crippen molar-refractivity contribution in [2.45, 2.75) is 33.5 Å². The Kier molecular flexibility index (Phi) is 2.69. The molecule has 126 valence electrons. The average molecular weight is 335 g/mol. The van der Waals surface area contributed by atoms with Crippen LogP contribution < -0.4 is 4.57 Å². The van der Waals surface area contributed by atoms with E-state index < -0.39 is 12.7 Å². The fraction of sp³-hybridized carbons (Fsp3) is 0.273. The van der Waals surface area contributed by atoms with Crippen LogP contribution in [0.25, 0.3) is 33.3 Å². The molecule has 0 N–H and O–H groups in total. The van der Waals surface area contributed by atoms with Crippen molar-refractivity contribution in [1.82, 2.24) is 4.98 Å². The smallest absolute Gasteiger partial charge is 0.216 e. The molecule has 0 saturated heterocycles. The van der Waals surface area contributed by atoms with Gasteiger partial charge in [-0.15, -0.1) is 0 Å². The van der Waals surface area contributed by atoms with Crippen LogP contribution in [0.1, 0.15) is 42.0 Å². The zero-order chi connectivity index (χ0) is 21.1. The highest BCUT2D eigenvalue weighted by molar-refractivity contribution is 6.07. The van der Waals surface area contributed by atoms with Crippen molar-refractivity contribution in [1.29, 1.82) is 0 Å². The lowest BCUT2D eigenvalue weighted by molar-refractivity contribution is -0.660. The summed E-state index contributed by atoms with van der Waals surface area (Å²) >= 11 is 0. The molecule has 1 unspecified atom stereocenters. The fourth-order valence-corrected chi connectivity index (χ4v) is 3.34. The van der Waals surface area contributed by atoms with E-state index in [4.69, 9.17) is 9.90 Å². The van der Waals surface area contributed by atoms with Gasteiger partial charge in [0.1, 0.15) is 12.6 Å². The first-order chi connectivity index (χ1) is 13.5. The second-order valence-corrected chi connectivity index (χ2v) is 6.61. The number of hydrogen-bond donors (Lipinski definition) is 0. The number of benzene rings is 1. The van der Waals surface area contributed by atoms with E-state index in [1.807, 2.05) is 33.0 Å². The molecule has 25 heavy (non-hydrogen) atoms. The molecule has 3 nitrogen and oxygen atoms in total. The van der Waals surface area contributed by atoms with E-state index in [0.717, 1.165) is 27.8 Å². The summed E-state index contributed by atoms with van der Waals surface area (Å²) in [6, 6.07) is 11.4. The predicted molar refractivity (Wildman–Crippen MR) is 102 cm³/mol. The summed E-state index contributed by atoms with van der Waals surface area (Å²) in [5, 5.41) is 0.810. The fourth-order valence-electron chi connectivity index (χ4n) is 3.34. The SMILES string of the molecule is [2H]C([2H])([2H])C([2H])(C)c1ccc2oc3c(-c4ccc(C)c[n+]4C)c(C)ccc3c2n1. The molecule has 3 heterocycles. The Labute approximate surface area is 153 Å². The molecule has 4 rings (SSSR count). The maximum atomic E-state index is 8.36. The first kappa shape index (κ1) is 11.8. The van der Waals surface area contributed by atoms with Crippen molar-refractivity contribution < 1.29 is 14.5 Å².